The summed E-state index contributed by atoms with van der Waals surface area (Å²) in [6.45, 7) is 8.88. The van der Waals surface area contributed by atoms with Crippen LogP contribution in [0.3, 0.4) is 0 Å². The topological polar surface area (TPSA) is 36.4 Å². The summed E-state index contributed by atoms with van der Waals surface area (Å²) in [5, 5.41) is 0. The summed E-state index contributed by atoms with van der Waals surface area (Å²) in [6, 6.07) is 3.94. The summed E-state index contributed by atoms with van der Waals surface area (Å²) in [5.74, 6) is 0.219. The predicted octanol–water partition coefficient (Wildman–Crippen LogP) is 1.10. The molecule has 18 heavy (non-hydrogen) atoms. The molecule has 1 aromatic heterocycles. The molecule has 1 saturated heterocycles. The third-order valence-electron chi connectivity index (χ3n) is 3.50. The molecule has 1 amide bonds. The maximum Gasteiger partial charge on any atom is 0.227 e. The second-order valence-corrected chi connectivity index (χ2v) is 4.80. The van der Waals surface area contributed by atoms with Crippen LogP contribution in [0, 0.1) is 6.92 Å². The number of rotatable bonds is 3. The number of likely N-dealkylation sites (N-methyl/N-ethyl adjacent to an activating group) is 1. The van der Waals surface area contributed by atoms with E-state index in [0.717, 1.165) is 44.0 Å². The minimum atomic E-state index is 0.219. The van der Waals surface area contributed by atoms with Gasteiger partial charge in [0.2, 0.25) is 5.91 Å². The zero-order valence-corrected chi connectivity index (χ0v) is 11.2. The van der Waals surface area contributed by atoms with Gasteiger partial charge >= 0.3 is 0 Å². The molecule has 0 aliphatic carbocycles. The fraction of sp³-hybridized carbons (Fsp3) is 0.571. The molecule has 0 unspecified atom stereocenters. The molecule has 0 spiro atoms. The van der Waals surface area contributed by atoms with Crippen LogP contribution in [0.15, 0.2) is 18.3 Å². The number of hydrogen-bond acceptors (Lipinski definition) is 3. The standard InChI is InChI=1S/C14H21N3O/c1-3-16-6-8-17(9-7-16)14(18)10-13-5-4-12(2)15-11-13/h4-5,11H,3,6-10H2,1-2H3. The van der Waals surface area contributed by atoms with Crippen molar-refractivity contribution in [2.45, 2.75) is 20.3 Å². The number of aryl methyl sites for hydroxylation is 1. The summed E-state index contributed by atoms with van der Waals surface area (Å²) in [5.41, 5.74) is 1.99. The summed E-state index contributed by atoms with van der Waals surface area (Å²) < 4.78 is 0. The third kappa shape index (κ3) is 3.29. The van der Waals surface area contributed by atoms with E-state index in [9.17, 15) is 4.79 Å². The number of carbonyl (C=O) groups excluding carboxylic acids is 1. The molecule has 0 aromatic carbocycles. The van der Waals surface area contributed by atoms with E-state index in [4.69, 9.17) is 0 Å². The normalized spacial score (nSPS) is 16.9. The SMILES string of the molecule is CCN1CCN(C(=O)Cc2ccc(C)nc2)CC1. The van der Waals surface area contributed by atoms with Crippen LogP contribution in [-0.4, -0.2) is 53.4 Å². The van der Waals surface area contributed by atoms with Crippen LogP contribution in [0.2, 0.25) is 0 Å². The Kier molecular flexibility index (Phi) is 4.31. The fourth-order valence-electron chi connectivity index (χ4n) is 2.20. The van der Waals surface area contributed by atoms with Crippen molar-refractivity contribution in [1.29, 1.82) is 0 Å². The molecule has 1 fully saturated rings. The van der Waals surface area contributed by atoms with Crippen LogP contribution in [0.4, 0.5) is 0 Å². The van der Waals surface area contributed by atoms with E-state index >= 15 is 0 Å². The minimum absolute atomic E-state index is 0.219. The molecule has 1 aliphatic rings. The fourth-order valence-corrected chi connectivity index (χ4v) is 2.20. The van der Waals surface area contributed by atoms with E-state index in [2.05, 4.69) is 16.8 Å². The van der Waals surface area contributed by atoms with Gasteiger partial charge < -0.3 is 9.80 Å². The van der Waals surface area contributed by atoms with Crippen molar-refractivity contribution >= 4 is 5.91 Å². The number of aromatic nitrogens is 1. The lowest BCUT2D eigenvalue weighted by Gasteiger charge is -2.34. The lowest BCUT2D eigenvalue weighted by molar-refractivity contribution is -0.132. The van der Waals surface area contributed by atoms with Gasteiger partial charge in [-0.25, -0.2) is 0 Å². The first-order valence-electron chi connectivity index (χ1n) is 6.60. The highest BCUT2D eigenvalue weighted by atomic mass is 16.2. The van der Waals surface area contributed by atoms with Crippen molar-refractivity contribution in [1.82, 2.24) is 14.8 Å². The highest BCUT2D eigenvalue weighted by Crippen LogP contribution is 2.06. The van der Waals surface area contributed by atoms with Crippen LogP contribution in [0.1, 0.15) is 18.2 Å². The molecule has 2 heterocycles. The van der Waals surface area contributed by atoms with Gasteiger partial charge in [-0.1, -0.05) is 13.0 Å². The Balaban J connectivity index is 1.87. The maximum atomic E-state index is 12.1. The van der Waals surface area contributed by atoms with Crippen molar-refractivity contribution in [3.05, 3.63) is 29.6 Å². The molecule has 0 bridgehead atoms. The van der Waals surface area contributed by atoms with Gasteiger partial charge in [0.25, 0.3) is 0 Å². The average molecular weight is 247 g/mol. The molecule has 4 heteroatoms. The van der Waals surface area contributed by atoms with Crippen molar-refractivity contribution in [3.63, 3.8) is 0 Å². The van der Waals surface area contributed by atoms with Gasteiger partial charge in [0.1, 0.15) is 0 Å². The van der Waals surface area contributed by atoms with E-state index in [1.807, 2.05) is 24.0 Å². The van der Waals surface area contributed by atoms with Crippen molar-refractivity contribution < 1.29 is 4.79 Å². The number of nitrogens with zero attached hydrogens (tertiary/aromatic N) is 3. The first kappa shape index (κ1) is 13.0. The Morgan fingerprint density at radius 3 is 2.56 bits per heavy atom. The summed E-state index contributed by atoms with van der Waals surface area (Å²) >= 11 is 0. The Labute approximate surface area is 109 Å². The van der Waals surface area contributed by atoms with Gasteiger partial charge in [0, 0.05) is 38.1 Å². The molecule has 2 rings (SSSR count). The van der Waals surface area contributed by atoms with Crippen LogP contribution in [0.5, 0.6) is 0 Å². The van der Waals surface area contributed by atoms with Gasteiger partial charge in [0.15, 0.2) is 0 Å². The highest BCUT2D eigenvalue weighted by Gasteiger charge is 2.19. The zero-order valence-electron chi connectivity index (χ0n) is 11.2. The zero-order chi connectivity index (χ0) is 13.0. The average Bonchev–Trinajstić information content (AvgIpc) is 2.41. The predicted molar refractivity (Wildman–Crippen MR) is 71.4 cm³/mol. The first-order chi connectivity index (χ1) is 8.69. The molecule has 0 saturated carbocycles. The van der Waals surface area contributed by atoms with Gasteiger partial charge in [-0.05, 0) is 25.1 Å². The first-order valence-corrected chi connectivity index (χ1v) is 6.60. The van der Waals surface area contributed by atoms with E-state index in [1.54, 1.807) is 6.20 Å². The van der Waals surface area contributed by atoms with Crippen molar-refractivity contribution in [2.75, 3.05) is 32.7 Å². The van der Waals surface area contributed by atoms with Crippen molar-refractivity contribution in [3.8, 4) is 0 Å². The number of hydrogen-bond donors (Lipinski definition) is 0. The van der Waals surface area contributed by atoms with Crippen LogP contribution in [0.25, 0.3) is 0 Å². The molecule has 1 aliphatic heterocycles. The number of amides is 1. The van der Waals surface area contributed by atoms with Crippen molar-refractivity contribution in [2.24, 2.45) is 0 Å². The molecule has 0 radical (unpaired) electrons. The molecule has 0 atom stereocenters. The second kappa shape index (κ2) is 5.96. The van der Waals surface area contributed by atoms with E-state index in [-0.39, 0.29) is 5.91 Å². The number of pyridine rings is 1. The molecule has 1 aromatic rings. The van der Waals surface area contributed by atoms with Gasteiger partial charge in [-0.3, -0.25) is 9.78 Å². The largest absolute Gasteiger partial charge is 0.340 e. The van der Waals surface area contributed by atoms with E-state index in [1.165, 1.54) is 0 Å². The van der Waals surface area contributed by atoms with Crippen LogP contribution in [-0.2, 0) is 11.2 Å². The second-order valence-electron chi connectivity index (χ2n) is 4.80. The highest BCUT2D eigenvalue weighted by molar-refractivity contribution is 5.78. The molecule has 98 valence electrons. The number of carbonyl (C=O) groups is 1. The quantitative estimate of drug-likeness (QED) is 0.802. The Morgan fingerprint density at radius 1 is 1.28 bits per heavy atom. The lowest BCUT2D eigenvalue weighted by Crippen LogP contribution is -2.48. The summed E-state index contributed by atoms with van der Waals surface area (Å²) in [4.78, 5) is 20.7. The summed E-state index contributed by atoms with van der Waals surface area (Å²) in [7, 11) is 0. The van der Waals surface area contributed by atoms with Gasteiger partial charge in [-0.2, -0.15) is 0 Å². The Bertz CT molecular complexity index is 394. The van der Waals surface area contributed by atoms with Gasteiger partial charge in [0.05, 0.1) is 6.42 Å². The molecule has 4 nitrogen and oxygen atoms in total. The minimum Gasteiger partial charge on any atom is -0.340 e. The van der Waals surface area contributed by atoms with E-state index < -0.39 is 0 Å². The smallest absolute Gasteiger partial charge is 0.227 e. The van der Waals surface area contributed by atoms with Gasteiger partial charge in [-0.15, -0.1) is 0 Å². The maximum absolute atomic E-state index is 12.1. The summed E-state index contributed by atoms with van der Waals surface area (Å²) in [6.07, 6.45) is 2.27. The molecule has 0 N–H and O–H groups in total. The van der Waals surface area contributed by atoms with E-state index in [0.29, 0.717) is 6.42 Å². The lowest BCUT2D eigenvalue weighted by atomic mass is 10.1. The Hall–Kier alpha value is -1.42. The number of piperazine rings is 1. The Morgan fingerprint density at radius 2 is 2.00 bits per heavy atom. The molecular weight excluding hydrogens is 226 g/mol. The third-order valence-corrected chi connectivity index (χ3v) is 3.50. The van der Waals surface area contributed by atoms with Crippen LogP contribution >= 0.6 is 0 Å². The monoisotopic (exact) mass is 247 g/mol. The molecular formula is C14H21N3O. The van der Waals surface area contributed by atoms with Crippen LogP contribution < -0.4 is 0 Å².